The third-order valence-corrected chi connectivity index (χ3v) is 14.3. The molecule has 0 amide bonds. The van der Waals surface area contributed by atoms with E-state index in [-0.39, 0.29) is 85.7 Å². The predicted octanol–water partition coefficient (Wildman–Crippen LogP) is 21.0. The smallest absolute Gasteiger partial charge is 0.872 e. The van der Waals surface area contributed by atoms with Crippen LogP contribution in [0.4, 0.5) is 0 Å². The van der Waals surface area contributed by atoms with Crippen LogP contribution in [-0.4, -0.2) is 44.9 Å². The number of para-hydroxylation sites is 6. The molecule has 0 N–H and O–H groups in total. The SMILES string of the molecule is CC(C)c1ccccc1[O-].CC(C)c1ccccc1[O-].CC(C)c1ccccc1[O-].CC(C)c1ccccc1[O-].CC(C)c1ccccc1[O-].CC(C)c1ccccc1[O-].[Fe+2].[Fe+2].[Fe+2].c1ccncc1.c1ccncc1.c1ccncc1.c1ccncc1.c1ccncc1.c1ccncc1.c1ccncc1.c1ccncc1.c1ccncc1. The van der Waals surface area contributed by atoms with Gasteiger partial charge < -0.3 is 30.6 Å². The Morgan fingerprint density at radius 1 is 0.137 bits per heavy atom. The maximum absolute atomic E-state index is 11.1. The van der Waals surface area contributed by atoms with E-state index >= 15 is 0 Å². The van der Waals surface area contributed by atoms with E-state index in [2.05, 4.69) is 44.9 Å². The molecule has 0 saturated heterocycles. The standard InChI is InChI=1S/6C9H12O.9C5H5N.3Fe/c6*1-7(2)8-5-3-4-6-9(8)10;9*1-2-4-6-5-3-1;;;/h6*3-7,10H,1-2H3;9*1-5H;;;/q;;;;;;;;;;;;;;;3*+2/p-6. The first kappa shape index (κ1) is 109. The summed E-state index contributed by atoms with van der Waals surface area (Å²) in [6, 6.07) is 94.4. The van der Waals surface area contributed by atoms with Crippen molar-refractivity contribution in [1.82, 2.24) is 44.9 Å². The molecule has 9 heterocycles. The third kappa shape index (κ3) is 62.1. The average Bonchev–Trinajstić information content (AvgIpc) is 0.929. The molecule has 0 spiro atoms. The van der Waals surface area contributed by atoms with Gasteiger partial charge in [0.2, 0.25) is 0 Å². The van der Waals surface area contributed by atoms with Crippen molar-refractivity contribution in [1.29, 1.82) is 0 Å². The van der Waals surface area contributed by atoms with Gasteiger partial charge >= 0.3 is 51.2 Å². The summed E-state index contributed by atoms with van der Waals surface area (Å²) in [4.78, 5) is 34.1. The third-order valence-electron chi connectivity index (χ3n) is 14.3. The van der Waals surface area contributed by atoms with Gasteiger partial charge in [0.05, 0.1) is 0 Å². The van der Waals surface area contributed by atoms with Crippen molar-refractivity contribution in [3.8, 4) is 34.5 Å². The van der Waals surface area contributed by atoms with Gasteiger partial charge in [-0.15, -0.1) is 34.5 Å². The Hall–Kier alpha value is -12.0. The predicted molar refractivity (Wildman–Crippen MR) is 458 cm³/mol. The van der Waals surface area contributed by atoms with Crippen molar-refractivity contribution in [2.75, 3.05) is 0 Å². The van der Waals surface area contributed by atoms with Gasteiger partial charge in [-0.1, -0.05) is 317 Å². The van der Waals surface area contributed by atoms with E-state index < -0.39 is 0 Å². The molecule has 0 fully saturated rings. The van der Waals surface area contributed by atoms with Crippen molar-refractivity contribution in [2.24, 2.45) is 0 Å². The van der Waals surface area contributed by atoms with Gasteiger partial charge in [0, 0.05) is 112 Å². The van der Waals surface area contributed by atoms with Crippen molar-refractivity contribution < 1.29 is 81.8 Å². The zero-order valence-corrected chi connectivity index (χ0v) is 72.1. The molecule has 0 radical (unpaired) electrons. The Morgan fingerprint density at radius 3 is 0.265 bits per heavy atom. The summed E-state index contributed by atoms with van der Waals surface area (Å²) >= 11 is 0. The summed E-state index contributed by atoms with van der Waals surface area (Å²) in [5, 5.41) is 66.4. The van der Waals surface area contributed by atoms with Gasteiger partial charge in [0.1, 0.15) is 0 Å². The van der Waals surface area contributed by atoms with Gasteiger partial charge in [-0.3, -0.25) is 44.9 Å². The molecule has 15 nitrogen and oxygen atoms in total. The largest absolute Gasteiger partial charge is 2.00 e. The van der Waals surface area contributed by atoms with Gasteiger partial charge in [-0.05, 0) is 145 Å². The minimum Gasteiger partial charge on any atom is -0.872 e. The maximum Gasteiger partial charge on any atom is 2.00 e. The van der Waals surface area contributed by atoms with E-state index in [1.807, 2.05) is 320 Å². The molecule has 15 aromatic rings. The van der Waals surface area contributed by atoms with Gasteiger partial charge in [-0.2, -0.15) is 0 Å². The first-order valence-electron chi connectivity index (χ1n) is 37.5. The molecule has 18 heteroatoms. The molecule has 0 bridgehead atoms. The fraction of sp³-hybridized carbons (Fsp3) is 0.182. The van der Waals surface area contributed by atoms with Crippen LogP contribution in [0.2, 0.25) is 0 Å². The number of hydrogen-bond donors (Lipinski definition) is 0. The summed E-state index contributed by atoms with van der Waals surface area (Å²) in [6.45, 7) is 24.3. The van der Waals surface area contributed by atoms with Crippen molar-refractivity contribution in [3.63, 3.8) is 0 Å². The average molecular weight is 1690 g/mol. The molecule has 15 rings (SSSR count). The number of pyridine rings is 9. The number of hydrogen-bond acceptors (Lipinski definition) is 15. The number of rotatable bonds is 6. The second-order valence-electron chi connectivity index (χ2n) is 25.4. The van der Waals surface area contributed by atoms with Crippen molar-refractivity contribution in [2.45, 2.75) is 119 Å². The Morgan fingerprint density at radius 2 is 0.222 bits per heavy atom. The monoisotopic (exact) mass is 1690 g/mol. The fourth-order valence-corrected chi connectivity index (χ4v) is 8.56. The Labute approximate surface area is 728 Å². The number of benzene rings is 6. The molecule has 0 saturated carbocycles. The number of aromatic nitrogens is 9. The van der Waals surface area contributed by atoms with Crippen LogP contribution in [-0.2, 0) is 51.2 Å². The molecule has 0 unspecified atom stereocenters. The summed E-state index contributed by atoms with van der Waals surface area (Å²) in [5.74, 6) is 2.95. The Balaban J connectivity index is -0.00000119. The van der Waals surface area contributed by atoms with Crippen LogP contribution >= 0.6 is 0 Å². The zero-order valence-electron chi connectivity index (χ0n) is 68.8. The van der Waals surface area contributed by atoms with Crippen LogP contribution in [0.25, 0.3) is 0 Å². The minimum atomic E-state index is 0. The first-order chi connectivity index (χ1) is 55.3. The summed E-state index contributed by atoms with van der Waals surface area (Å²) in [5.41, 5.74) is 5.43. The van der Waals surface area contributed by atoms with E-state index in [9.17, 15) is 30.6 Å². The van der Waals surface area contributed by atoms with Crippen LogP contribution in [0.1, 0.15) is 152 Å². The van der Waals surface area contributed by atoms with E-state index in [1.54, 1.807) is 184 Å². The Bertz CT molecular complexity index is 3430. The summed E-state index contributed by atoms with van der Waals surface area (Å²) in [6.07, 6.45) is 31.5. The topological polar surface area (TPSA) is 254 Å². The molecule has 6 aromatic carbocycles. The van der Waals surface area contributed by atoms with Gasteiger partial charge in [0.25, 0.3) is 0 Å². The van der Waals surface area contributed by atoms with E-state index in [1.165, 1.54) is 0 Å². The quantitative estimate of drug-likeness (QED) is 0.140. The molecule has 9 aromatic heterocycles. The van der Waals surface area contributed by atoms with E-state index in [4.69, 9.17) is 0 Å². The van der Waals surface area contributed by atoms with Crippen molar-refractivity contribution in [3.05, 3.63) is 454 Å². The second kappa shape index (κ2) is 76.6. The molecular formula is C99H111Fe3N9O6. The van der Waals surface area contributed by atoms with Crippen molar-refractivity contribution >= 4 is 0 Å². The van der Waals surface area contributed by atoms with Crippen LogP contribution in [0.5, 0.6) is 34.5 Å². The van der Waals surface area contributed by atoms with Crippen LogP contribution in [0, 0.1) is 0 Å². The molecule has 117 heavy (non-hydrogen) atoms. The van der Waals surface area contributed by atoms with E-state index in [0.717, 1.165) is 33.4 Å². The zero-order chi connectivity index (χ0) is 83.5. The summed E-state index contributed by atoms with van der Waals surface area (Å²) in [7, 11) is 0. The first-order valence-corrected chi connectivity index (χ1v) is 37.5. The molecule has 612 valence electrons. The molecule has 0 aliphatic carbocycles. The fourth-order valence-electron chi connectivity index (χ4n) is 8.56. The van der Waals surface area contributed by atoms with Gasteiger partial charge in [0.15, 0.2) is 0 Å². The van der Waals surface area contributed by atoms with Crippen LogP contribution in [0.3, 0.4) is 0 Å². The number of nitrogens with zero attached hydrogens (tertiary/aromatic N) is 9. The van der Waals surface area contributed by atoms with Gasteiger partial charge in [-0.25, -0.2) is 0 Å². The Kier molecular flexibility index (Phi) is 71.5. The van der Waals surface area contributed by atoms with E-state index in [0.29, 0.717) is 35.5 Å². The molecule has 0 atom stereocenters. The molecule has 0 aliphatic heterocycles. The summed E-state index contributed by atoms with van der Waals surface area (Å²) < 4.78 is 0. The van der Waals surface area contributed by atoms with Crippen LogP contribution < -0.4 is 30.6 Å². The maximum atomic E-state index is 11.1. The molecular weight excluding hydrogens is 1580 g/mol. The van der Waals surface area contributed by atoms with Crippen LogP contribution in [0.15, 0.2) is 421 Å². The second-order valence-corrected chi connectivity index (χ2v) is 25.4. The minimum absolute atomic E-state index is 0. The normalized spacial score (nSPS) is 8.97. The molecule has 0 aliphatic rings.